The van der Waals surface area contributed by atoms with E-state index in [1.54, 1.807) is 0 Å². The van der Waals surface area contributed by atoms with Crippen molar-refractivity contribution in [3.8, 4) is 0 Å². The molecule has 0 aliphatic heterocycles. The van der Waals surface area contributed by atoms with Crippen LogP contribution in [0, 0.1) is 5.92 Å². The fraction of sp³-hybridized carbons (Fsp3) is 0.700. The monoisotopic (exact) mass is 658 g/mol. The van der Waals surface area contributed by atoms with Crippen LogP contribution in [-0.4, -0.2) is 103 Å². The van der Waals surface area contributed by atoms with Gasteiger partial charge in [0.05, 0.1) is 12.4 Å². The summed E-state index contributed by atoms with van der Waals surface area (Å²) in [6.45, 7) is 12.9. The molecular formula is C30H42O16. The fourth-order valence-electron chi connectivity index (χ4n) is 5.60. The van der Waals surface area contributed by atoms with Crippen LogP contribution in [0.2, 0.25) is 0 Å². The second-order valence-electron chi connectivity index (χ2n) is 11.0. The third-order valence-corrected chi connectivity index (χ3v) is 6.87. The molecule has 0 heterocycles. The molecule has 0 saturated heterocycles. The number of rotatable bonds is 12. The van der Waals surface area contributed by atoms with Crippen LogP contribution in [0.5, 0.6) is 0 Å². The molecule has 2 saturated carbocycles. The van der Waals surface area contributed by atoms with Gasteiger partial charge in [0.15, 0.2) is 30.5 Å². The van der Waals surface area contributed by atoms with Gasteiger partial charge in [-0.05, 0) is 13.3 Å². The van der Waals surface area contributed by atoms with Crippen molar-refractivity contribution in [3.63, 3.8) is 0 Å². The Kier molecular flexibility index (Phi) is 14.0. The molecular weight excluding hydrogens is 616 g/mol. The highest BCUT2D eigenvalue weighted by atomic mass is 16.7. The Labute approximate surface area is 266 Å². The first-order valence-electron chi connectivity index (χ1n) is 14.5. The minimum Gasteiger partial charge on any atom is -0.489 e. The number of esters is 7. The summed E-state index contributed by atoms with van der Waals surface area (Å²) in [7, 11) is 0. The van der Waals surface area contributed by atoms with Crippen LogP contribution in [-0.2, 0) is 76.2 Å². The zero-order chi connectivity index (χ0) is 34.9. The molecule has 2 aliphatic carbocycles. The maximum Gasteiger partial charge on any atom is 0.303 e. The molecule has 0 aromatic rings. The number of carbonyl (C=O) groups excluding carboxylic acids is 7. The molecule has 0 radical (unpaired) electrons. The van der Waals surface area contributed by atoms with Crippen molar-refractivity contribution in [1.82, 2.24) is 0 Å². The van der Waals surface area contributed by atoms with Crippen LogP contribution in [0.25, 0.3) is 0 Å². The van der Waals surface area contributed by atoms with Gasteiger partial charge in [-0.2, -0.15) is 0 Å². The molecule has 16 nitrogen and oxygen atoms in total. The lowest BCUT2D eigenvalue weighted by atomic mass is 9.79. The lowest BCUT2D eigenvalue weighted by Gasteiger charge is -2.49. The van der Waals surface area contributed by atoms with Gasteiger partial charge >= 0.3 is 41.8 Å². The highest BCUT2D eigenvalue weighted by molar-refractivity contribution is 5.69. The quantitative estimate of drug-likeness (QED) is 0.164. The molecule has 2 rings (SSSR count). The van der Waals surface area contributed by atoms with Gasteiger partial charge in [-0.1, -0.05) is 6.58 Å². The van der Waals surface area contributed by atoms with Crippen molar-refractivity contribution in [3.05, 3.63) is 12.3 Å². The van der Waals surface area contributed by atoms with Gasteiger partial charge in [-0.15, -0.1) is 0 Å². The average molecular weight is 659 g/mol. The van der Waals surface area contributed by atoms with Gasteiger partial charge < -0.3 is 42.6 Å². The lowest BCUT2D eigenvalue weighted by molar-refractivity contribution is -0.261. The van der Waals surface area contributed by atoms with E-state index < -0.39 is 103 Å². The first-order valence-corrected chi connectivity index (χ1v) is 14.5. The molecule has 2 fully saturated rings. The zero-order valence-electron chi connectivity index (χ0n) is 27.1. The Morgan fingerprint density at radius 2 is 0.826 bits per heavy atom. The number of carbonyl (C=O) groups is 7. The molecule has 0 aromatic heterocycles. The fourth-order valence-corrected chi connectivity index (χ4v) is 5.60. The van der Waals surface area contributed by atoms with Crippen molar-refractivity contribution in [2.45, 2.75) is 123 Å². The number of ether oxygens (including phenoxy) is 9. The predicted octanol–water partition coefficient (Wildman–Crippen LogP) is 1.24. The van der Waals surface area contributed by atoms with E-state index in [0.29, 0.717) is 0 Å². The second kappa shape index (κ2) is 16.9. The molecule has 10 atom stereocenters. The van der Waals surface area contributed by atoms with Crippen LogP contribution >= 0.6 is 0 Å². The van der Waals surface area contributed by atoms with Crippen LogP contribution in [0.15, 0.2) is 12.3 Å². The highest BCUT2D eigenvalue weighted by Gasteiger charge is 2.57. The van der Waals surface area contributed by atoms with Crippen LogP contribution < -0.4 is 0 Å². The third kappa shape index (κ3) is 11.3. The smallest absolute Gasteiger partial charge is 0.303 e. The first kappa shape index (κ1) is 38.0. The van der Waals surface area contributed by atoms with Crippen molar-refractivity contribution in [2.75, 3.05) is 6.61 Å². The molecule has 0 spiro atoms. The normalized spacial score (nSPS) is 30.4. The number of allylic oxidation sites excluding steroid dienone is 1. The first-order chi connectivity index (χ1) is 21.4. The van der Waals surface area contributed by atoms with Gasteiger partial charge in [0.25, 0.3) is 0 Å². The van der Waals surface area contributed by atoms with E-state index in [-0.39, 0.29) is 25.2 Å². The van der Waals surface area contributed by atoms with Gasteiger partial charge in [0, 0.05) is 60.8 Å². The summed E-state index contributed by atoms with van der Waals surface area (Å²) in [5.41, 5.74) is 0. The topological polar surface area (TPSA) is 203 Å². The Morgan fingerprint density at radius 1 is 0.457 bits per heavy atom. The summed E-state index contributed by atoms with van der Waals surface area (Å²) in [6, 6.07) is 0. The summed E-state index contributed by atoms with van der Waals surface area (Å²) < 4.78 is 50.8. The van der Waals surface area contributed by atoms with E-state index in [2.05, 4.69) is 6.58 Å². The van der Waals surface area contributed by atoms with Crippen LogP contribution in [0.4, 0.5) is 0 Å². The van der Waals surface area contributed by atoms with E-state index in [1.165, 1.54) is 20.8 Å². The molecule has 46 heavy (non-hydrogen) atoms. The standard InChI is InChI=1S/C30H42O16/c1-13(2)39-29-25(21(12-38-14(3)31)10-22(40-15(4)32)26(29)42-17(6)34)46-24-11-23(41-16(5)33)27(43-18(7)35)30(45-20(9)37)28(24)44-19(8)36/h21-30H,1,10-12H2,2-9H3/t21-,22-,23+,24-,25?,26?,27-,28+,29+,30+/m1/s1. The predicted molar refractivity (Wildman–Crippen MR) is 151 cm³/mol. The molecule has 2 unspecified atom stereocenters. The van der Waals surface area contributed by atoms with E-state index in [0.717, 1.165) is 34.6 Å². The van der Waals surface area contributed by atoms with Gasteiger partial charge in [0.1, 0.15) is 24.4 Å². The molecule has 2 aliphatic rings. The highest BCUT2D eigenvalue weighted by Crippen LogP contribution is 2.39. The van der Waals surface area contributed by atoms with Crippen molar-refractivity contribution in [2.24, 2.45) is 5.92 Å². The Balaban J connectivity index is 2.73. The minimum absolute atomic E-state index is 0.0483. The van der Waals surface area contributed by atoms with Gasteiger partial charge in [-0.3, -0.25) is 33.6 Å². The molecule has 0 amide bonds. The van der Waals surface area contributed by atoms with Gasteiger partial charge in [0.2, 0.25) is 0 Å². The average Bonchev–Trinajstić information content (AvgIpc) is 2.88. The lowest BCUT2D eigenvalue weighted by Crippen LogP contribution is -2.64. The van der Waals surface area contributed by atoms with E-state index in [9.17, 15) is 33.6 Å². The minimum atomic E-state index is -1.51. The summed E-state index contributed by atoms with van der Waals surface area (Å²) >= 11 is 0. The van der Waals surface area contributed by atoms with Crippen LogP contribution in [0.1, 0.15) is 68.2 Å². The van der Waals surface area contributed by atoms with E-state index in [4.69, 9.17) is 42.6 Å². The maximum atomic E-state index is 12.3. The number of hydrogen-bond donors (Lipinski definition) is 0. The Bertz CT molecular complexity index is 1180. The summed E-state index contributed by atoms with van der Waals surface area (Å²) in [5, 5.41) is 0. The largest absolute Gasteiger partial charge is 0.489 e. The maximum absolute atomic E-state index is 12.3. The second-order valence-corrected chi connectivity index (χ2v) is 11.0. The molecule has 258 valence electrons. The summed E-state index contributed by atoms with van der Waals surface area (Å²) in [5.74, 6) is -5.92. The van der Waals surface area contributed by atoms with Gasteiger partial charge in [-0.25, -0.2) is 0 Å². The molecule has 0 N–H and O–H groups in total. The number of hydrogen-bond acceptors (Lipinski definition) is 16. The Morgan fingerprint density at radius 3 is 1.22 bits per heavy atom. The van der Waals surface area contributed by atoms with Crippen molar-refractivity contribution in [1.29, 1.82) is 0 Å². The third-order valence-electron chi connectivity index (χ3n) is 6.87. The Hall–Kier alpha value is -4.21. The van der Waals surface area contributed by atoms with E-state index in [1.807, 2.05) is 0 Å². The van der Waals surface area contributed by atoms with Crippen molar-refractivity contribution >= 4 is 41.8 Å². The molecule has 16 heteroatoms. The van der Waals surface area contributed by atoms with E-state index >= 15 is 0 Å². The van der Waals surface area contributed by atoms with Crippen LogP contribution in [0.3, 0.4) is 0 Å². The zero-order valence-corrected chi connectivity index (χ0v) is 27.1. The molecule has 0 aromatic carbocycles. The van der Waals surface area contributed by atoms with Crippen molar-refractivity contribution < 1.29 is 76.2 Å². The molecule has 0 bridgehead atoms. The summed E-state index contributed by atoms with van der Waals surface area (Å²) in [4.78, 5) is 84.8. The summed E-state index contributed by atoms with van der Waals surface area (Å²) in [6.07, 6.45) is -11.9. The SMILES string of the molecule is C=C(C)O[C@H]1C(O[C@@H]2C[C@H](OC(C)=O)[C@@H](OC(C)=O)[C@H](OC(C)=O)[C@H]2OC(C)=O)[C@@H](COC(C)=O)C[C@@H](OC(C)=O)C1OC(C)=O.